The minimum Gasteiger partial charge on any atom is -0.421 e. The fraction of sp³-hybridized carbons (Fsp3) is 0.538. The van der Waals surface area contributed by atoms with Gasteiger partial charge in [-0.25, -0.2) is 0 Å². The van der Waals surface area contributed by atoms with E-state index in [9.17, 15) is 0 Å². The van der Waals surface area contributed by atoms with E-state index >= 15 is 0 Å². The van der Waals surface area contributed by atoms with Gasteiger partial charge in [-0.2, -0.15) is 0 Å². The SMILES string of the molecule is CSC1=C(c2nnc(C)o2)CCC=C1C(C)C. The van der Waals surface area contributed by atoms with Crippen LogP contribution in [0.3, 0.4) is 0 Å². The maximum Gasteiger partial charge on any atom is 0.244 e. The highest BCUT2D eigenvalue weighted by molar-refractivity contribution is 8.02. The molecule has 0 spiro atoms. The zero-order valence-corrected chi connectivity index (χ0v) is 11.6. The van der Waals surface area contributed by atoms with Crippen LogP contribution in [0, 0.1) is 12.8 Å². The zero-order valence-electron chi connectivity index (χ0n) is 10.8. The molecule has 0 amide bonds. The van der Waals surface area contributed by atoms with Crippen LogP contribution in [-0.4, -0.2) is 16.5 Å². The summed E-state index contributed by atoms with van der Waals surface area (Å²) in [5.74, 6) is 1.86. The summed E-state index contributed by atoms with van der Waals surface area (Å²) in [6, 6.07) is 0. The minimum atomic E-state index is 0.539. The molecule has 0 saturated heterocycles. The number of hydrogen-bond acceptors (Lipinski definition) is 4. The molecule has 0 bridgehead atoms. The second-order valence-electron chi connectivity index (χ2n) is 4.49. The Morgan fingerprint density at radius 3 is 2.65 bits per heavy atom. The van der Waals surface area contributed by atoms with E-state index in [1.165, 1.54) is 16.1 Å². The van der Waals surface area contributed by atoms with Crippen LogP contribution in [0.4, 0.5) is 0 Å². The normalized spacial score (nSPS) is 16.6. The fourth-order valence-corrected chi connectivity index (χ4v) is 3.10. The van der Waals surface area contributed by atoms with Crippen LogP contribution in [0.5, 0.6) is 0 Å². The lowest BCUT2D eigenvalue weighted by molar-refractivity contribution is 0.503. The highest BCUT2D eigenvalue weighted by Crippen LogP contribution is 2.40. The number of allylic oxidation sites excluding steroid dienone is 3. The Morgan fingerprint density at radius 2 is 2.12 bits per heavy atom. The standard InChI is InChI=1S/C13H18N2OS/c1-8(2)10-6-5-7-11(12(10)17-4)13-15-14-9(3)16-13/h6,8H,5,7H2,1-4H3. The van der Waals surface area contributed by atoms with Crippen molar-refractivity contribution in [1.29, 1.82) is 0 Å². The quantitative estimate of drug-likeness (QED) is 0.817. The van der Waals surface area contributed by atoms with Gasteiger partial charge in [0.2, 0.25) is 11.8 Å². The predicted octanol–water partition coefficient (Wildman–Crippen LogP) is 3.83. The van der Waals surface area contributed by atoms with Crippen molar-refractivity contribution in [2.75, 3.05) is 6.26 Å². The Kier molecular flexibility index (Phi) is 3.72. The van der Waals surface area contributed by atoms with Crippen molar-refractivity contribution in [2.24, 2.45) is 5.92 Å². The van der Waals surface area contributed by atoms with Gasteiger partial charge in [0.1, 0.15) is 0 Å². The second-order valence-corrected chi connectivity index (χ2v) is 5.31. The van der Waals surface area contributed by atoms with E-state index < -0.39 is 0 Å². The molecule has 4 heteroatoms. The summed E-state index contributed by atoms with van der Waals surface area (Å²) >= 11 is 1.78. The van der Waals surface area contributed by atoms with E-state index in [1.54, 1.807) is 11.8 Å². The molecule has 0 aliphatic heterocycles. The van der Waals surface area contributed by atoms with Gasteiger partial charge in [0, 0.05) is 17.4 Å². The van der Waals surface area contributed by atoms with Gasteiger partial charge in [0.15, 0.2) is 0 Å². The molecule has 0 unspecified atom stereocenters. The van der Waals surface area contributed by atoms with E-state index in [0.717, 1.165) is 12.8 Å². The molecule has 0 atom stereocenters. The Hall–Kier alpha value is -1.03. The first-order chi connectivity index (χ1) is 8.13. The summed E-state index contributed by atoms with van der Waals surface area (Å²) in [6.45, 7) is 6.28. The van der Waals surface area contributed by atoms with Gasteiger partial charge in [0.25, 0.3) is 0 Å². The van der Waals surface area contributed by atoms with Crippen molar-refractivity contribution in [3.63, 3.8) is 0 Å². The molecule has 0 N–H and O–H groups in total. The second kappa shape index (κ2) is 5.08. The summed E-state index contributed by atoms with van der Waals surface area (Å²) in [5, 5.41) is 8.07. The first-order valence-electron chi connectivity index (χ1n) is 5.91. The molecule has 2 rings (SSSR count). The number of rotatable bonds is 3. The lowest BCUT2D eigenvalue weighted by Crippen LogP contribution is -2.04. The van der Waals surface area contributed by atoms with E-state index in [-0.39, 0.29) is 0 Å². The van der Waals surface area contributed by atoms with E-state index in [1.807, 2.05) is 6.92 Å². The fourth-order valence-electron chi connectivity index (χ4n) is 2.11. The molecular formula is C13H18N2OS. The highest BCUT2D eigenvalue weighted by Gasteiger charge is 2.22. The topological polar surface area (TPSA) is 38.9 Å². The van der Waals surface area contributed by atoms with Crippen LogP contribution < -0.4 is 0 Å². The monoisotopic (exact) mass is 250 g/mol. The molecule has 0 fully saturated rings. The molecule has 1 aromatic rings. The lowest BCUT2D eigenvalue weighted by Gasteiger charge is -2.21. The van der Waals surface area contributed by atoms with Gasteiger partial charge < -0.3 is 4.42 Å². The van der Waals surface area contributed by atoms with Crippen LogP contribution in [-0.2, 0) is 0 Å². The number of hydrogen-bond donors (Lipinski definition) is 0. The van der Waals surface area contributed by atoms with Crippen molar-refractivity contribution in [3.05, 3.63) is 28.3 Å². The molecule has 1 heterocycles. The van der Waals surface area contributed by atoms with Crippen LogP contribution in [0.25, 0.3) is 5.57 Å². The molecule has 0 saturated carbocycles. The molecule has 17 heavy (non-hydrogen) atoms. The van der Waals surface area contributed by atoms with E-state index in [2.05, 4.69) is 36.4 Å². The summed E-state index contributed by atoms with van der Waals surface area (Å²) in [4.78, 5) is 1.31. The third kappa shape index (κ3) is 2.46. The zero-order chi connectivity index (χ0) is 12.4. The first kappa shape index (κ1) is 12.4. The number of nitrogens with zero attached hydrogens (tertiary/aromatic N) is 2. The van der Waals surface area contributed by atoms with Crippen LogP contribution in [0.1, 0.15) is 38.5 Å². The van der Waals surface area contributed by atoms with Crippen molar-refractivity contribution < 1.29 is 4.42 Å². The summed E-state index contributed by atoms with van der Waals surface area (Å²) < 4.78 is 5.56. The molecule has 1 aliphatic carbocycles. The van der Waals surface area contributed by atoms with E-state index in [4.69, 9.17) is 4.42 Å². The first-order valence-corrected chi connectivity index (χ1v) is 7.14. The molecular weight excluding hydrogens is 232 g/mol. The Morgan fingerprint density at radius 1 is 1.35 bits per heavy atom. The average molecular weight is 250 g/mol. The maximum atomic E-state index is 5.56. The van der Waals surface area contributed by atoms with Crippen molar-refractivity contribution in [1.82, 2.24) is 10.2 Å². The van der Waals surface area contributed by atoms with Crippen molar-refractivity contribution >= 4 is 17.3 Å². The molecule has 1 aromatic heterocycles. The van der Waals surface area contributed by atoms with Gasteiger partial charge in [-0.1, -0.05) is 19.9 Å². The Bertz CT molecular complexity index is 472. The predicted molar refractivity (Wildman–Crippen MR) is 71.6 cm³/mol. The van der Waals surface area contributed by atoms with E-state index in [0.29, 0.717) is 17.7 Å². The van der Waals surface area contributed by atoms with Crippen LogP contribution >= 0.6 is 11.8 Å². The largest absolute Gasteiger partial charge is 0.421 e. The van der Waals surface area contributed by atoms with Crippen LogP contribution in [0.2, 0.25) is 0 Å². The van der Waals surface area contributed by atoms with Crippen molar-refractivity contribution in [2.45, 2.75) is 33.6 Å². The number of aryl methyl sites for hydroxylation is 1. The molecule has 0 aromatic carbocycles. The molecule has 1 aliphatic rings. The minimum absolute atomic E-state index is 0.539. The van der Waals surface area contributed by atoms with Gasteiger partial charge >= 0.3 is 0 Å². The highest BCUT2D eigenvalue weighted by atomic mass is 32.2. The summed E-state index contributed by atoms with van der Waals surface area (Å²) in [5.41, 5.74) is 2.62. The maximum absolute atomic E-state index is 5.56. The molecule has 3 nitrogen and oxygen atoms in total. The average Bonchev–Trinajstić information content (AvgIpc) is 2.74. The molecule has 92 valence electrons. The third-order valence-corrected chi connectivity index (χ3v) is 3.80. The van der Waals surface area contributed by atoms with Gasteiger partial charge in [0.05, 0.1) is 0 Å². The van der Waals surface area contributed by atoms with Crippen molar-refractivity contribution in [3.8, 4) is 0 Å². The third-order valence-electron chi connectivity index (χ3n) is 2.91. The number of aromatic nitrogens is 2. The number of thioether (sulfide) groups is 1. The Balaban J connectivity index is 2.45. The Labute approximate surface area is 106 Å². The van der Waals surface area contributed by atoms with Crippen LogP contribution in [0.15, 0.2) is 21.0 Å². The van der Waals surface area contributed by atoms with Gasteiger partial charge in [-0.15, -0.1) is 22.0 Å². The van der Waals surface area contributed by atoms with Gasteiger partial charge in [-0.3, -0.25) is 0 Å². The lowest BCUT2D eigenvalue weighted by atomic mass is 9.92. The smallest absolute Gasteiger partial charge is 0.244 e. The molecule has 0 radical (unpaired) electrons. The summed E-state index contributed by atoms with van der Waals surface area (Å²) in [6.07, 6.45) is 6.51. The summed E-state index contributed by atoms with van der Waals surface area (Å²) in [7, 11) is 0. The van der Waals surface area contributed by atoms with Gasteiger partial charge in [-0.05, 0) is 30.6 Å².